The number of aliphatic hydroxyl groups excluding tert-OH is 1. The van der Waals surface area contributed by atoms with Crippen LogP contribution in [0.3, 0.4) is 0 Å². The monoisotopic (exact) mass is 604 g/mol. The molecule has 1 amide bonds. The van der Waals surface area contributed by atoms with Crippen molar-refractivity contribution in [3.63, 3.8) is 0 Å². The number of nitrogens with one attached hydrogen (secondary N) is 4. The first-order valence-corrected chi connectivity index (χ1v) is 17.8. The first-order chi connectivity index (χ1) is 20.9. The first kappa shape index (κ1) is 32.1. The summed E-state index contributed by atoms with van der Waals surface area (Å²) in [6, 6.07) is 0.943. The van der Waals surface area contributed by atoms with Gasteiger partial charge in [-0.05, 0) is 102 Å². The number of hydrogen-bond acceptors (Lipinski definition) is 9. The summed E-state index contributed by atoms with van der Waals surface area (Å²) >= 11 is 0. The molecule has 0 spiro atoms. The molecule has 2 aliphatic carbocycles. The fourth-order valence-corrected chi connectivity index (χ4v) is 8.83. The number of ether oxygens (including phenoxy) is 2. The zero-order valence-corrected chi connectivity index (χ0v) is 26.9. The molecule has 9 unspecified atom stereocenters. The summed E-state index contributed by atoms with van der Waals surface area (Å²) in [6.45, 7) is 11.1. The third-order valence-electron chi connectivity index (χ3n) is 11.8. The molecule has 0 radical (unpaired) electrons. The lowest BCUT2D eigenvalue weighted by Gasteiger charge is -2.47. The van der Waals surface area contributed by atoms with Crippen LogP contribution in [0, 0.1) is 23.7 Å². The molecule has 6 rings (SSSR count). The Morgan fingerprint density at radius 3 is 2.63 bits per heavy atom. The van der Waals surface area contributed by atoms with Crippen molar-refractivity contribution in [2.24, 2.45) is 23.7 Å². The van der Waals surface area contributed by atoms with Crippen LogP contribution in [0.2, 0.25) is 0 Å². The highest BCUT2D eigenvalue weighted by molar-refractivity contribution is 5.78. The van der Waals surface area contributed by atoms with E-state index in [1.165, 1.54) is 44.9 Å². The van der Waals surface area contributed by atoms with Gasteiger partial charge >= 0.3 is 0 Å². The highest BCUT2D eigenvalue weighted by Gasteiger charge is 2.41. The number of aliphatic hydroxyl groups is 1. The molecule has 4 saturated heterocycles. The number of likely N-dealkylation sites (tertiary alicyclic amines) is 2. The zero-order chi connectivity index (χ0) is 29.8. The van der Waals surface area contributed by atoms with Gasteiger partial charge in [0.2, 0.25) is 5.91 Å². The Labute approximate surface area is 259 Å². The Kier molecular flexibility index (Phi) is 11.3. The van der Waals surface area contributed by atoms with Crippen molar-refractivity contribution in [1.82, 2.24) is 31.1 Å². The van der Waals surface area contributed by atoms with E-state index in [1.54, 1.807) is 0 Å². The molecule has 10 atom stereocenters. The molecule has 5 N–H and O–H groups in total. The van der Waals surface area contributed by atoms with E-state index in [4.69, 9.17) is 9.47 Å². The average Bonchev–Trinajstić information content (AvgIpc) is 3.42. The van der Waals surface area contributed by atoms with Crippen molar-refractivity contribution in [3.05, 3.63) is 0 Å². The van der Waals surface area contributed by atoms with E-state index in [0.717, 1.165) is 51.9 Å². The average molecular weight is 605 g/mol. The van der Waals surface area contributed by atoms with Crippen LogP contribution in [0.4, 0.5) is 0 Å². The Morgan fingerprint density at radius 2 is 1.88 bits per heavy atom. The SMILES string of the molecule is CC1NCOC1COC1CCC2CN(C[C@@H](O)CNC(=O)C3CC(NC4CCC4)NC(N4CCCCC4)C3)CCC2C1C. The van der Waals surface area contributed by atoms with E-state index >= 15 is 0 Å². The lowest BCUT2D eigenvalue weighted by molar-refractivity contribution is -0.128. The molecule has 246 valence electrons. The van der Waals surface area contributed by atoms with E-state index in [2.05, 4.69) is 44.9 Å². The lowest BCUT2D eigenvalue weighted by Crippen LogP contribution is -2.63. The Bertz CT molecular complexity index is 887. The Hall–Kier alpha value is -0.850. The smallest absolute Gasteiger partial charge is 0.223 e. The second-order valence-corrected chi connectivity index (χ2v) is 14.8. The number of rotatable bonds is 11. The Morgan fingerprint density at radius 1 is 1.05 bits per heavy atom. The van der Waals surface area contributed by atoms with E-state index in [0.29, 0.717) is 62.4 Å². The van der Waals surface area contributed by atoms with Crippen molar-refractivity contribution in [2.45, 2.75) is 127 Å². The summed E-state index contributed by atoms with van der Waals surface area (Å²) < 4.78 is 12.2. The van der Waals surface area contributed by atoms with Crippen molar-refractivity contribution in [2.75, 3.05) is 52.6 Å². The van der Waals surface area contributed by atoms with Crippen LogP contribution >= 0.6 is 0 Å². The molecule has 43 heavy (non-hydrogen) atoms. The van der Waals surface area contributed by atoms with Crippen LogP contribution < -0.4 is 21.3 Å². The van der Waals surface area contributed by atoms with Crippen molar-refractivity contribution in [1.29, 1.82) is 0 Å². The lowest BCUT2D eigenvalue weighted by atomic mass is 9.68. The fraction of sp³-hybridized carbons (Fsp3) is 0.970. The van der Waals surface area contributed by atoms with Crippen molar-refractivity contribution in [3.8, 4) is 0 Å². The van der Waals surface area contributed by atoms with Gasteiger partial charge in [0.1, 0.15) is 0 Å². The summed E-state index contributed by atoms with van der Waals surface area (Å²) in [5.41, 5.74) is 0. The van der Waals surface area contributed by atoms with Crippen LogP contribution in [-0.2, 0) is 14.3 Å². The largest absolute Gasteiger partial charge is 0.390 e. The minimum atomic E-state index is -0.539. The first-order valence-electron chi connectivity index (χ1n) is 17.8. The fourth-order valence-electron chi connectivity index (χ4n) is 8.83. The van der Waals surface area contributed by atoms with E-state index in [-0.39, 0.29) is 30.3 Å². The molecule has 0 bridgehead atoms. The van der Waals surface area contributed by atoms with Gasteiger partial charge in [-0.1, -0.05) is 19.8 Å². The van der Waals surface area contributed by atoms with E-state index in [9.17, 15) is 9.90 Å². The quantitative estimate of drug-likeness (QED) is 0.241. The van der Waals surface area contributed by atoms with Gasteiger partial charge in [-0.2, -0.15) is 0 Å². The van der Waals surface area contributed by atoms with Gasteiger partial charge in [0.15, 0.2) is 0 Å². The molecule has 6 fully saturated rings. The van der Waals surface area contributed by atoms with Gasteiger partial charge in [-0.3, -0.25) is 25.6 Å². The number of nitrogens with zero attached hydrogens (tertiary/aromatic N) is 2. The van der Waals surface area contributed by atoms with E-state index < -0.39 is 6.10 Å². The Balaban J connectivity index is 0.929. The summed E-state index contributed by atoms with van der Waals surface area (Å²) in [5.74, 6) is 1.99. The minimum absolute atomic E-state index is 0.0210. The molecule has 0 aromatic heterocycles. The zero-order valence-electron chi connectivity index (χ0n) is 26.9. The maximum absolute atomic E-state index is 13.4. The number of amides is 1. The molecule has 10 nitrogen and oxygen atoms in total. The summed E-state index contributed by atoms with van der Waals surface area (Å²) in [5, 5.41) is 25.1. The molecule has 4 heterocycles. The topological polar surface area (TPSA) is 110 Å². The standard InChI is InChI=1S/C33H60N6O4/c1-22-28-11-14-38(18-24(28)9-10-29(22)42-20-30-23(2)35-21-43-30)19-27(40)17-34-33(41)25-15-31(36-26-7-6-8-26)37-32(16-25)39-12-4-3-5-13-39/h22-32,35-37,40H,3-21H2,1-2H3,(H,34,41)/t22?,23?,24?,25?,27-,28?,29?,30?,31?,32?/m0/s1. The van der Waals surface area contributed by atoms with Crippen LogP contribution in [0.15, 0.2) is 0 Å². The van der Waals surface area contributed by atoms with E-state index in [1.807, 2.05) is 0 Å². The number of carbonyl (C=O) groups is 1. The van der Waals surface area contributed by atoms with Gasteiger partial charge < -0.3 is 24.8 Å². The molecule has 10 heteroatoms. The molecule has 0 aromatic rings. The minimum Gasteiger partial charge on any atom is -0.390 e. The molecule has 2 saturated carbocycles. The van der Waals surface area contributed by atoms with Crippen LogP contribution in [0.25, 0.3) is 0 Å². The van der Waals surface area contributed by atoms with Gasteiger partial charge in [0.25, 0.3) is 0 Å². The van der Waals surface area contributed by atoms with Crippen molar-refractivity contribution >= 4 is 5.91 Å². The molecule has 6 aliphatic rings. The maximum Gasteiger partial charge on any atom is 0.223 e. The highest BCUT2D eigenvalue weighted by Crippen LogP contribution is 2.41. The maximum atomic E-state index is 13.4. The predicted molar refractivity (Wildman–Crippen MR) is 167 cm³/mol. The molecule has 4 aliphatic heterocycles. The highest BCUT2D eigenvalue weighted by atomic mass is 16.5. The number of β-amino-alcohol motifs (C(OH)–C–C–N with tert-alkyl or cyclic N) is 1. The van der Waals surface area contributed by atoms with Gasteiger partial charge in [0.05, 0.1) is 44.0 Å². The normalized spacial score (nSPS) is 40.5. The number of piperidine rings is 3. The summed E-state index contributed by atoms with van der Waals surface area (Å²) in [7, 11) is 0. The third kappa shape index (κ3) is 8.30. The number of fused-ring (bicyclic) bond motifs is 1. The third-order valence-corrected chi connectivity index (χ3v) is 11.8. The predicted octanol–water partition coefficient (Wildman–Crippen LogP) is 1.83. The molecule has 0 aromatic carbocycles. The van der Waals surface area contributed by atoms with Gasteiger partial charge in [-0.25, -0.2) is 0 Å². The molecular formula is C33H60N6O4. The van der Waals surface area contributed by atoms with Gasteiger partial charge in [0, 0.05) is 37.6 Å². The summed E-state index contributed by atoms with van der Waals surface area (Å²) in [6.07, 6.45) is 13.1. The van der Waals surface area contributed by atoms with Gasteiger partial charge in [-0.15, -0.1) is 0 Å². The number of hydrogen-bond donors (Lipinski definition) is 5. The molecular weight excluding hydrogens is 544 g/mol. The van der Waals surface area contributed by atoms with Crippen molar-refractivity contribution < 1.29 is 19.4 Å². The van der Waals surface area contributed by atoms with Crippen LogP contribution in [0.5, 0.6) is 0 Å². The second-order valence-electron chi connectivity index (χ2n) is 14.8. The summed E-state index contributed by atoms with van der Waals surface area (Å²) in [4.78, 5) is 18.4. The second kappa shape index (κ2) is 15.2. The van der Waals surface area contributed by atoms with Crippen LogP contribution in [-0.4, -0.2) is 116 Å². The number of carbonyl (C=O) groups excluding carboxylic acids is 1. The van der Waals surface area contributed by atoms with Crippen LogP contribution in [0.1, 0.15) is 84.5 Å².